The summed E-state index contributed by atoms with van der Waals surface area (Å²) in [4.78, 5) is 21.9. The van der Waals surface area contributed by atoms with E-state index in [1.807, 2.05) is 20.8 Å². The van der Waals surface area contributed by atoms with E-state index >= 15 is 0 Å². The van der Waals surface area contributed by atoms with Crippen LogP contribution in [0.4, 0.5) is 5.69 Å². The summed E-state index contributed by atoms with van der Waals surface area (Å²) in [5.41, 5.74) is 1.02. The van der Waals surface area contributed by atoms with Crippen LogP contribution >= 0.6 is 0 Å². The topological polar surface area (TPSA) is 66.4 Å². The van der Waals surface area contributed by atoms with Crippen molar-refractivity contribution in [3.8, 4) is 5.75 Å². The molecule has 2 N–H and O–H groups in total. The Morgan fingerprint density at radius 3 is 2.35 bits per heavy atom. The molecule has 0 atom stereocenters. The van der Waals surface area contributed by atoms with Gasteiger partial charge in [-0.1, -0.05) is 20.8 Å². The van der Waals surface area contributed by atoms with E-state index in [9.17, 15) is 14.7 Å². The molecule has 0 saturated carbocycles. The lowest BCUT2D eigenvalue weighted by Gasteiger charge is -2.22. The zero-order valence-corrected chi connectivity index (χ0v) is 10.5. The summed E-state index contributed by atoms with van der Waals surface area (Å²) in [6.07, 6.45) is 0.579. The van der Waals surface area contributed by atoms with E-state index in [-0.39, 0.29) is 22.6 Å². The molecule has 0 radical (unpaired) electrons. The van der Waals surface area contributed by atoms with Gasteiger partial charge in [0.2, 0.25) is 5.91 Å². The SMILES string of the molecule is CC(=O)Nc1cc(C=O)c(O)c(C(C)(C)C)c1. The number of hydrogen-bond acceptors (Lipinski definition) is 3. The van der Waals surface area contributed by atoms with Gasteiger partial charge in [-0.3, -0.25) is 9.59 Å². The van der Waals surface area contributed by atoms with E-state index in [4.69, 9.17) is 0 Å². The van der Waals surface area contributed by atoms with Crippen molar-refractivity contribution in [1.82, 2.24) is 0 Å². The molecule has 1 amide bonds. The van der Waals surface area contributed by atoms with Gasteiger partial charge in [0, 0.05) is 18.2 Å². The molecule has 0 aliphatic carbocycles. The summed E-state index contributed by atoms with van der Waals surface area (Å²) in [6, 6.07) is 3.14. The molecule has 4 heteroatoms. The smallest absolute Gasteiger partial charge is 0.221 e. The monoisotopic (exact) mass is 235 g/mol. The number of phenols is 1. The average molecular weight is 235 g/mol. The van der Waals surface area contributed by atoms with Crippen molar-refractivity contribution < 1.29 is 14.7 Å². The predicted molar refractivity (Wildman–Crippen MR) is 66.5 cm³/mol. The van der Waals surface area contributed by atoms with Crippen LogP contribution in [0.5, 0.6) is 5.75 Å². The zero-order valence-electron chi connectivity index (χ0n) is 10.5. The maximum Gasteiger partial charge on any atom is 0.221 e. The molecule has 0 spiro atoms. The van der Waals surface area contributed by atoms with Crippen molar-refractivity contribution in [2.75, 3.05) is 5.32 Å². The number of carbonyl (C=O) groups is 2. The molecule has 0 heterocycles. The lowest BCUT2D eigenvalue weighted by Crippen LogP contribution is -2.14. The molecule has 0 fully saturated rings. The summed E-state index contributed by atoms with van der Waals surface area (Å²) in [7, 11) is 0. The Hall–Kier alpha value is -1.84. The normalized spacial score (nSPS) is 11.1. The minimum Gasteiger partial charge on any atom is -0.507 e. The van der Waals surface area contributed by atoms with Gasteiger partial charge < -0.3 is 10.4 Å². The Kier molecular flexibility index (Phi) is 3.56. The minimum atomic E-state index is -0.309. The number of carbonyl (C=O) groups excluding carboxylic acids is 2. The highest BCUT2D eigenvalue weighted by Gasteiger charge is 2.21. The van der Waals surface area contributed by atoms with Crippen molar-refractivity contribution in [2.24, 2.45) is 0 Å². The number of hydrogen-bond donors (Lipinski definition) is 2. The molecule has 1 rings (SSSR count). The highest BCUT2D eigenvalue weighted by Crippen LogP contribution is 2.35. The van der Waals surface area contributed by atoms with Gasteiger partial charge in [-0.05, 0) is 17.5 Å². The van der Waals surface area contributed by atoms with Crippen molar-refractivity contribution in [2.45, 2.75) is 33.1 Å². The van der Waals surface area contributed by atoms with Crippen molar-refractivity contribution in [3.63, 3.8) is 0 Å². The molecule has 4 nitrogen and oxygen atoms in total. The number of amides is 1. The molecule has 0 bridgehead atoms. The van der Waals surface area contributed by atoms with Gasteiger partial charge in [0.15, 0.2) is 6.29 Å². The summed E-state index contributed by atoms with van der Waals surface area (Å²) >= 11 is 0. The minimum absolute atomic E-state index is 0.0263. The van der Waals surface area contributed by atoms with Crippen LogP contribution in [0.3, 0.4) is 0 Å². The first-order valence-electron chi connectivity index (χ1n) is 5.36. The number of benzene rings is 1. The van der Waals surface area contributed by atoms with Gasteiger partial charge in [0.1, 0.15) is 5.75 Å². The fourth-order valence-corrected chi connectivity index (χ4v) is 1.59. The number of phenolic OH excluding ortho intramolecular Hbond substituents is 1. The molecular weight excluding hydrogens is 218 g/mol. The van der Waals surface area contributed by atoms with Crippen LogP contribution in [0.25, 0.3) is 0 Å². The molecule has 17 heavy (non-hydrogen) atoms. The highest BCUT2D eigenvalue weighted by atomic mass is 16.3. The molecule has 0 unspecified atom stereocenters. The van der Waals surface area contributed by atoms with Crippen LogP contribution in [0, 0.1) is 0 Å². The summed E-state index contributed by atoms with van der Waals surface area (Å²) in [5.74, 6) is -0.242. The van der Waals surface area contributed by atoms with Crippen LogP contribution in [0.1, 0.15) is 43.6 Å². The molecule has 0 aliphatic heterocycles. The van der Waals surface area contributed by atoms with Gasteiger partial charge in [-0.2, -0.15) is 0 Å². The molecule has 0 saturated heterocycles. The second-order valence-electron chi connectivity index (χ2n) is 5.01. The van der Waals surface area contributed by atoms with E-state index in [0.29, 0.717) is 17.5 Å². The Balaban J connectivity index is 3.38. The summed E-state index contributed by atoms with van der Waals surface area (Å²) in [6.45, 7) is 7.17. The quantitative estimate of drug-likeness (QED) is 0.611. The Labute approximate surface area is 101 Å². The fourth-order valence-electron chi connectivity index (χ4n) is 1.59. The van der Waals surface area contributed by atoms with Crippen LogP contribution in [-0.4, -0.2) is 17.3 Å². The van der Waals surface area contributed by atoms with Gasteiger partial charge in [-0.15, -0.1) is 0 Å². The van der Waals surface area contributed by atoms with E-state index in [2.05, 4.69) is 5.32 Å². The van der Waals surface area contributed by atoms with Crippen LogP contribution in [0.2, 0.25) is 0 Å². The lowest BCUT2D eigenvalue weighted by atomic mass is 9.85. The van der Waals surface area contributed by atoms with Crippen LogP contribution in [-0.2, 0) is 10.2 Å². The number of rotatable bonds is 2. The first-order chi connectivity index (χ1) is 7.75. The van der Waals surface area contributed by atoms with Crippen molar-refractivity contribution in [3.05, 3.63) is 23.3 Å². The number of aromatic hydroxyl groups is 1. The summed E-state index contributed by atoms with van der Waals surface area (Å²) in [5, 5.41) is 12.5. The van der Waals surface area contributed by atoms with Crippen LogP contribution < -0.4 is 5.32 Å². The third kappa shape index (κ3) is 3.06. The maximum absolute atomic E-state index is 11.0. The first-order valence-corrected chi connectivity index (χ1v) is 5.36. The Morgan fingerprint density at radius 1 is 1.35 bits per heavy atom. The average Bonchev–Trinajstić information content (AvgIpc) is 2.17. The molecule has 0 aliphatic rings. The fraction of sp³-hybridized carbons (Fsp3) is 0.385. The van der Waals surface area contributed by atoms with Crippen molar-refractivity contribution >= 4 is 17.9 Å². The van der Waals surface area contributed by atoms with Gasteiger partial charge in [0.25, 0.3) is 0 Å². The number of aldehydes is 1. The van der Waals surface area contributed by atoms with Crippen molar-refractivity contribution in [1.29, 1.82) is 0 Å². The highest BCUT2D eigenvalue weighted by molar-refractivity contribution is 5.91. The van der Waals surface area contributed by atoms with Gasteiger partial charge in [-0.25, -0.2) is 0 Å². The second kappa shape index (κ2) is 4.57. The van der Waals surface area contributed by atoms with E-state index < -0.39 is 0 Å². The van der Waals surface area contributed by atoms with E-state index in [1.165, 1.54) is 13.0 Å². The molecule has 1 aromatic rings. The zero-order chi connectivity index (χ0) is 13.2. The number of anilines is 1. The van der Waals surface area contributed by atoms with E-state index in [1.54, 1.807) is 6.07 Å². The second-order valence-corrected chi connectivity index (χ2v) is 5.01. The molecular formula is C13H17NO3. The molecule has 92 valence electrons. The molecule has 0 aromatic heterocycles. The lowest BCUT2D eigenvalue weighted by molar-refractivity contribution is -0.114. The first kappa shape index (κ1) is 13.2. The van der Waals surface area contributed by atoms with Crippen LogP contribution in [0.15, 0.2) is 12.1 Å². The Morgan fingerprint density at radius 2 is 1.94 bits per heavy atom. The standard InChI is InChI=1S/C13H17NO3/c1-8(16)14-10-5-9(7-15)12(17)11(6-10)13(2,3)4/h5-7,17H,1-4H3,(H,14,16). The third-order valence-corrected chi connectivity index (χ3v) is 2.39. The number of nitrogens with one attached hydrogen (secondary N) is 1. The maximum atomic E-state index is 11.0. The molecule has 1 aromatic carbocycles. The predicted octanol–water partition coefficient (Wildman–Crippen LogP) is 2.46. The van der Waals surface area contributed by atoms with E-state index in [0.717, 1.165) is 0 Å². The van der Waals surface area contributed by atoms with Gasteiger partial charge in [0.05, 0.1) is 5.56 Å². The largest absolute Gasteiger partial charge is 0.507 e. The third-order valence-electron chi connectivity index (χ3n) is 2.39. The summed E-state index contributed by atoms with van der Waals surface area (Å²) < 4.78 is 0. The Bertz CT molecular complexity index is 458. The van der Waals surface area contributed by atoms with Gasteiger partial charge >= 0.3 is 0 Å².